The number of piperidine rings is 1. The maximum Gasteiger partial charge on any atom is 0.408 e. The smallest absolute Gasteiger partial charge is 0.408 e. The molecule has 1 aromatic heterocycles. The fraction of sp³-hybridized carbons (Fsp3) is 0.727. The van der Waals surface area contributed by atoms with E-state index in [0.29, 0.717) is 32.5 Å². The van der Waals surface area contributed by atoms with Crippen LogP contribution in [-0.4, -0.2) is 84.6 Å². The number of nitrogens with zero attached hydrogens (tertiary/aromatic N) is 5. The summed E-state index contributed by atoms with van der Waals surface area (Å²) in [7, 11) is 0. The summed E-state index contributed by atoms with van der Waals surface area (Å²) < 4.78 is 1.60. The summed E-state index contributed by atoms with van der Waals surface area (Å²) >= 11 is 0. The van der Waals surface area contributed by atoms with Gasteiger partial charge in [-0.25, -0.2) is 14.6 Å². The highest BCUT2D eigenvalue weighted by atomic mass is 16.4. The number of imidazole rings is 1. The Morgan fingerprint density at radius 3 is 2.26 bits per heavy atom. The molecule has 1 aromatic rings. The van der Waals surface area contributed by atoms with Crippen molar-refractivity contribution in [2.24, 2.45) is 5.41 Å². The molecule has 31 heavy (non-hydrogen) atoms. The zero-order chi connectivity index (χ0) is 23.1. The molecule has 0 saturated carbocycles. The lowest BCUT2D eigenvalue weighted by Gasteiger charge is -2.47. The highest BCUT2D eigenvalue weighted by Crippen LogP contribution is 2.32. The van der Waals surface area contributed by atoms with Crippen LogP contribution in [0.5, 0.6) is 0 Å². The van der Waals surface area contributed by atoms with Crippen LogP contribution in [0.2, 0.25) is 0 Å². The Hall–Kier alpha value is -2.58. The third-order valence-electron chi connectivity index (χ3n) is 6.23. The SMILES string of the molecule is CC(C)(C)[C@H](C(=O)N1CCC(N2CCc3cncn3C2=O)CC1)N(C(=O)O)C(C)(C)C. The van der Waals surface area contributed by atoms with E-state index in [1.807, 2.05) is 46.4 Å². The van der Waals surface area contributed by atoms with Gasteiger partial charge in [-0.3, -0.25) is 14.3 Å². The predicted octanol–water partition coefficient (Wildman–Crippen LogP) is 2.89. The molecule has 0 radical (unpaired) electrons. The molecular weight excluding hydrogens is 398 g/mol. The van der Waals surface area contributed by atoms with Crippen molar-refractivity contribution in [3.8, 4) is 0 Å². The average molecular weight is 434 g/mol. The highest BCUT2D eigenvalue weighted by Gasteiger charge is 2.46. The molecule has 2 aliphatic rings. The van der Waals surface area contributed by atoms with Gasteiger partial charge in [-0.2, -0.15) is 0 Å². The largest absolute Gasteiger partial charge is 0.465 e. The first-order valence-corrected chi connectivity index (χ1v) is 11.0. The Balaban J connectivity index is 1.72. The van der Waals surface area contributed by atoms with E-state index in [0.717, 1.165) is 12.1 Å². The number of carbonyl (C=O) groups excluding carboxylic acids is 2. The van der Waals surface area contributed by atoms with Crippen LogP contribution in [0.1, 0.15) is 60.1 Å². The molecule has 0 aromatic carbocycles. The number of carboxylic acid groups (broad SMARTS) is 1. The lowest BCUT2D eigenvalue weighted by molar-refractivity contribution is -0.144. The van der Waals surface area contributed by atoms with Crippen LogP contribution in [0.4, 0.5) is 9.59 Å². The van der Waals surface area contributed by atoms with Gasteiger partial charge in [0.2, 0.25) is 5.91 Å². The van der Waals surface area contributed by atoms with Crippen molar-refractivity contribution in [2.45, 2.75) is 78.4 Å². The van der Waals surface area contributed by atoms with Gasteiger partial charge in [0.05, 0.1) is 0 Å². The fourth-order valence-corrected chi connectivity index (χ4v) is 4.71. The van der Waals surface area contributed by atoms with Crippen LogP contribution < -0.4 is 0 Å². The van der Waals surface area contributed by atoms with E-state index in [1.165, 1.54) is 4.90 Å². The molecule has 172 valence electrons. The van der Waals surface area contributed by atoms with Crippen molar-refractivity contribution in [3.05, 3.63) is 18.2 Å². The minimum atomic E-state index is -1.09. The molecule has 1 saturated heterocycles. The highest BCUT2D eigenvalue weighted by molar-refractivity contribution is 5.86. The molecule has 9 heteroatoms. The molecule has 0 spiro atoms. The maximum atomic E-state index is 13.5. The summed E-state index contributed by atoms with van der Waals surface area (Å²) in [6, 6.07) is -0.772. The Morgan fingerprint density at radius 1 is 1.13 bits per heavy atom. The number of fused-ring (bicyclic) bond motifs is 1. The minimum absolute atomic E-state index is 0.0547. The lowest BCUT2D eigenvalue weighted by Crippen LogP contribution is -2.63. The maximum absolute atomic E-state index is 13.5. The molecule has 1 atom stereocenters. The molecule has 0 bridgehead atoms. The van der Waals surface area contributed by atoms with Crippen LogP contribution in [0.25, 0.3) is 0 Å². The van der Waals surface area contributed by atoms with E-state index >= 15 is 0 Å². The summed E-state index contributed by atoms with van der Waals surface area (Å²) in [5.74, 6) is -0.162. The van der Waals surface area contributed by atoms with Gasteiger partial charge in [0.1, 0.15) is 12.4 Å². The second kappa shape index (κ2) is 8.16. The minimum Gasteiger partial charge on any atom is -0.465 e. The van der Waals surface area contributed by atoms with Crippen LogP contribution in [-0.2, 0) is 11.2 Å². The van der Waals surface area contributed by atoms with Crippen LogP contribution in [0.15, 0.2) is 12.5 Å². The summed E-state index contributed by atoms with van der Waals surface area (Å²) in [5, 5.41) is 9.90. The van der Waals surface area contributed by atoms with Crippen LogP contribution in [0, 0.1) is 5.41 Å². The Morgan fingerprint density at radius 2 is 1.74 bits per heavy atom. The van der Waals surface area contributed by atoms with Crippen molar-refractivity contribution in [1.82, 2.24) is 24.3 Å². The van der Waals surface area contributed by atoms with Crippen molar-refractivity contribution in [3.63, 3.8) is 0 Å². The second-order valence-corrected chi connectivity index (χ2v) is 10.6. The molecule has 3 amide bonds. The third-order valence-corrected chi connectivity index (χ3v) is 6.23. The van der Waals surface area contributed by atoms with Gasteiger partial charge >= 0.3 is 12.1 Å². The Labute approximate surface area is 184 Å². The molecule has 0 unspecified atom stereocenters. The van der Waals surface area contributed by atoms with Gasteiger partial charge in [-0.1, -0.05) is 20.8 Å². The summed E-state index contributed by atoms with van der Waals surface area (Å²) in [5.41, 5.74) is -0.335. The second-order valence-electron chi connectivity index (χ2n) is 10.6. The topological polar surface area (TPSA) is 99.0 Å². The molecule has 2 aliphatic heterocycles. The number of carbonyl (C=O) groups is 3. The molecule has 0 aliphatic carbocycles. The number of aromatic nitrogens is 2. The first kappa shape index (κ1) is 23.1. The first-order chi connectivity index (χ1) is 14.3. The van der Waals surface area contributed by atoms with Gasteiger partial charge in [-0.15, -0.1) is 0 Å². The van der Waals surface area contributed by atoms with Crippen LogP contribution in [0.3, 0.4) is 0 Å². The fourth-order valence-electron chi connectivity index (χ4n) is 4.71. The summed E-state index contributed by atoms with van der Waals surface area (Å²) in [6.45, 7) is 12.8. The average Bonchev–Trinajstić information content (AvgIpc) is 3.13. The molecule has 3 heterocycles. The van der Waals surface area contributed by atoms with E-state index in [1.54, 1.807) is 22.0 Å². The molecule has 1 N–H and O–H groups in total. The number of amides is 3. The Bertz CT molecular complexity index is 843. The van der Waals surface area contributed by atoms with Crippen molar-refractivity contribution < 1.29 is 19.5 Å². The molecule has 9 nitrogen and oxygen atoms in total. The number of rotatable bonds is 3. The van der Waals surface area contributed by atoms with Gasteiger partial charge in [0, 0.05) is 49.5 Å². The van der Waals surface area contributed by atoms with Crippen LogP contribution >= 0.6 is 0 Å². The zero-order valence-electron chi connectivity index (χ0n) is 19.5. The van der Waals surface area contributed by atoms with Gasteiger partial charge in [0.15, 0.2) is 0 Å². The molecule has 1 fully saturated rings. The predicted molar refractivity (Wildman–Crippen MR) is 116 cm³/mol. The summed E-state index contributed by atoms with van der Waals surface area (Å²) in [4.78, 5) is 47.5. The van der Waals surface area contributed by atoms with E-state index in [-0.39, 0.29) is 18.0 Å². The number of hydrogen-bond acceptors (Lipinski definition) is 4. The van der Waals surface area contributed by atoms with Crippen molar-refractivity contribution in [1.29, 1.82) is 0 Å². The van der Waals surface area contributed by atoms with E-state index in [2.05, 4.69) is 4.98 Å². The standard InChI is InChI=1S/C22H35N5O4/c1-21(2,3)17(27(20(30)31)22(4,5)6)18(28)24-10-7-15(8-11-24)25-12-9-16-13-23-14-26(16)19(25)29/h13-15,17H,7-12H2,1-6H3,(H,30,31)/t17-/m0/s1. The molecular formula is C22H35N5O4. The van der Waals surface area contributed by atoms with E-state index in [4.69, 9.17) is 0 Å². The monoisotopic (exact) mass is 433 g/mol. The first-order valence-electron chi connectivity index (χ1n) is 11.0. The zero-order valence-corrected chi connectivity index (χ0v) is 19.5. The van der Waals surface area contributed by atoms with E-state index in [9.17, 15) is 19.5 Å². The quantitative estimate of drug-likeness (QED) is 0.790. The molecule has 3 rings (SSSR count). The van der Waals surface area contributed by atoms with Crippen molar-refractivity contribution in [2.75, 3.05) is 19.6 Å². The Kier molecular flexibility index (Phi) is 6.08. The lowest BCUT2D eigenvalue weighted by atomic mass is 9.82. The van der Waals surface area contributed by atoms with Gasteiger partial charge in [0.25, 0.3) is 0 Å². The van der Waals surface area contributed by atoms with Gasteiger partial charge in [-0.05, 0) is 39.0 Å². The third kappa shape index (κ3) is 4.55. The number of likely N-dealkylation sites (tertiary alicyclic amines) is 1. The normalized spacial score (nSPS) is 19.2. The van der Waals surface area contributed by atoms with Gasteiger partial charge < -0.3 is 14.9 Å². The number of hydrogen-bond donors (Lipinski definition) is 1. The summed E-state index contributed by atoms with van der Waals surface area (Å²) in [6.07, 6.45) is 4.33. The van der Waals surface area contributed by atoms with E-state index < -0.39 is 23.1 Å². The van der Waals surface area contributed by atoms with Crippen molar-refractivity contribution >= 4 is 18.0 Å².